The Bertz CT molecular complexity index is 578. The average molecular weight is 324 g/mol. The molecule has 0 spiro atoms. The van der Waals surface area contributed by atoms with E-state index in [-0.39, 0.29) is 5.97 Å². The van der Waals surface area contributed by atoms with Gasteiger partial charge in [0.25, 0.3) is 0 Å². The number of carbonyl (C=O) groups excluding carboxylic acids is 1. The highest BCUT2D eigenvalue weighted by molar-refractivity contribution is 7.80. The third kappa shape index (κ3) is 3.21. The molecule has 2 aliphatic rings. The summed E-state index contributed by atoms with van der Waals surface area (Å²) in [5.74, 6) is 0.407. The lowest BCUT2D eigenvalue weighted by molar-refractivity contribution is 0.0601. The largest absolute Gasteiger partial charge is 0.465 e. The molecule has 4 nitrogen and oxygen atoms in total. The van der Waals surface area contributed by atoms with Crippen LogP contribution in [0, 0.1) is 5.92 Å². The lowest BCUT2D eigenvalue weighted by Gasteiger charge is -2.18. The molecule has 0 unspecified atom stereocenters. The molecular weight excluding hydrogens is 304 g/mol. The number of rotatable bonds is 3. The van der Waals surface area contributed by atoms with Gasteiger partial charge in [-0.05, 0) is 55.8 Å². The van der Waals surface area contributed by atoms with Crippen molar-refractivity contribution in [3.05, 3.63) is 16.0 Å². The first-order valence-electron chi connectivity index (χ1n) is 7.38. The van der Waals surface area contributed by atoms with E-state index < -0.39 is 0 Å². The molecule has 0 radical (unpaired) electrons. The van der Waals surface area contributed by atoms with Gasteiger partial charge in [0.05, 0.1) is 12.7 Å². The molecule has 21 heavy (non-hydrogen) atoms. The fourth-order valence-corrected chi connectivity index (χ4v) is 4.45. The summed E-state index contributed by atoms with van der Waals surface area (Å²) in [5, 5.41) is 7.90. The first-order valence-corrected chi connectivity index (χ1v) is 8.61. The van der Waals surface area contributed by atoms with Gasteiger partial charge in [-0.2, -0.15) is 0 Å². The number of hydrogen-bond acceptors (Lipinski definition) is 4. The maximum absolute atomic E-state index is 12.1. The van der Waals surface area contributed by atoms with Gasteiger partial charge < -0.3 is 15.4 Å². The zero-order chi connectivity index (χ0) is 15.0. The minimum Gasteiger partial charge on any atom is -0.465 e. The first-order chi connectivity index (χ1) is 10.1. The molecule has 0 bridgehead atoms. The number of ether oxygens (including phenoxy) is 1. The van der Waals surface area contributed by atoms with Crippen molar-refractivity contribution in [2.45, 2.75) is 45.1 Å². The van der Waals surface area contributed by atoms with Crippen LogP contribution in [0.25, 0.3) is 0 Å². The Hall–Kier alpha value is -1.14. The molecule has 1 aromatic rings. The van der Waals surface area contributed by atoms with Crippen LogP contribution in [0.5, 0.6) is 0 Å². The zero-order valence-electron chi connectivity index (χ0n) is 12.3. The third-order valence-corrected chi connectivity index (χ3v) is 5.43. The molecular formula is C15H20N2O2S2. The van der Waals surface area contributed by atoms with Gasteiger partial charge in [0.2, 0.25) is 0 Å². The van der Waals surface area contributed by atoms with Crippen LogP contribution in [0.15, 0.2) is 0 Å². The first kappa shape index (κ1) is 14.8. The third-order valence-electron chi connectivity index (χ3n) is 4.04. The molecule has 2 N–H and O–H groups in total. The number of fused-ring (bicyclic) bond motifs is 1. The Kier molecular flexibility index (Phi) is 4.17. The Morgan fingerprint density at radius 3 is 2.81 bits per heavy atom. The van der Waals surface area contributed by atoms with Crippen molar-refractivity contribution in [3.63, 3.8) is 0 Å². The van der Waals surface area contributed by atoms with E-state index in [1.165, 1.54) is 24.8 Å². The van der Waals surface area contributed by atoms with Crippen molar-refractivity contribution in [2.75, 3.05) is 12.4 Å². The fraction of sp³-hybridized carbons (Fsp3) is 0.600. The van der Waals surface area contributed by atoms with Gasteiger partial charge >= 0.3 is 5.97 Å². The second-order valence-corrected chi connectivity index (χ2v) is 7.43. The van der Waals surface area contributed by atoms with Crippen LogP contribution < -0.4 is 10.6 Å². The standard InChI is InChI=1S/C15H20N2O2S2/c1-8-3-6-10-11(7-8)21-13(12(10)14(18)19-2)17-15(20)16-9-4-5-9/h8-9H,3-7H2,1-2H3,(H2,16,17,20)/t8-/m1/s1. The van der Waals surface area contributed by atoms with E-state index in [0.29, 0.717) is 22.6 Å². The van der Waals surface area contributed by atoms with E-state index in [1.807, 2.05) is 0 Å². The minimum absolute atomic E-state index is 0.265. The highest BCUT2D eigenvalue weighted by atomic mass is 32.1. The summed E-state index contributed by atoms with van der Waals surface area (Å²) < 4.78 is 4.97. The number of thiophene rings is 1. The van der Waals surface area contributed by atoms with Gasteiger partial charge in [0.1, 0.15) is 5.00 Å². The molecule has 0 amide bonds. The van der Waals surface area contributed by atoms with Gasteiger partial charge in [-0.25, -0.2) is 4.79 Å². The predicted molar refractivity (Wildman–Crippen MR) is 89.2 cm³/mol. The molecule has 1 atom stereocenters. The van der Waals surface area contributed by atoms with Crippen LogP contribution in [0.2, 0.25) is 0 Å². The van der Waals surface area contributed by atoms with E-state index in [0.717, 1.165) is 29.8 Å². The van der Waals surface area contributed by atoms with Crippen molar-refractivity contribution >= 4 is 39.6 Å². The van der Waals surface area contributed by atoms with E-state index in [2.05, 4.69) is 17.6 Å². The molecule has 0 saturated heterocycles. The smallest absolute Gasteiger partial charge is 0.341 e. The lowest BCUT2D eigenvalue weighted by Crippen LogP contribution is -2.30. The molecule has 6 heteroatoms. The molecule has 3 rings (SSSR count). The molecule has 114 valence electrons. The number of esters is 1. The molecule has 2 aliphatic carbocycles. The lowest BCUT2D eigenvalue weighted by atomic mass is 9.88. The Morgan fingerprint density at radius 2 is 2.14 bits per heavy atom. The van der Waals surface area contributed by atoms with E-state index in [4.69, 9.17) is 17.0 Å². The zero-order valence-corrected chi connectivity index (χ0v) is 14.0. The van der Waals surface area contributed by atoms with Gasteiger partial charge in [0, 0.05) is 10.9 Å². The number of nitrogens with one attached hydrogen (secondary N) is 2. The monoisotopic (exact) mass is 324 g/mol. The van der Waals surface area contributed by atoms with E-state index in [1.54, 1.807) is 11.3 Å². The summed E-state index contributed by atoms with van der Waals surface area (Å²) in [5.41, 5.74) is 1.84. The van der Waals surface area contributed by atoms with E-state index in [9.17, 15) is 4.79 Å². The normalized spacial score (nSPS) is 20.6. The highest BCUT2D eigenvalue weighted by Gasteiger charge is 2.29. The van der Waals surface area contributed by atoms with Gasteiger partial charge in [0.15, 0.2) is 5.11 Å². The number of thiocarbonyl (C=S) groups is 1. The van der Waals surface area contributed by atoms with Crippen molar-refractivity contribution in [2.24, 2.45) is 5.92 Å². The summed E-state index contributed by atoms with van der Waals surface area (Å²) in [6.45, 7) is 2.26. The Morgan fingerprint density at radius 1 is 1.38 bits per heavy atom. The quantitative estimate of drug-likeness (QED) is 0.661. The summed E-state index contributed by atoms with van der Waals surface area (Å²) >= 11 is 6.98. The van der Waals surface area contributed by atoms with Crippen molar-refractivity contribution in [3.8, 4) is 0 Å². The highest BCUT2D eigenvalue weighted by Crippen LogP contribution is 2.40. The molecule has 1 saturated carbocycles. The number of methoxy groups -OCH3 is 1. The minimum atomic E-state index is -0.265. The summed E-state index contributed by atoms with van der Waals surface area (Å²) in [6.07, 6.45) is 5.45. The summed E-state index contributed by atoms with van der Waals surface area (Å²) in [7, 11) is 1.43. The Labute approximate surface area is 134 Å². The van der Waals surface area contributed by atoms with Crippen molar-refractivity contribution in [1.29, 1.82) is 0 Å². The Balaban J connectivity index is 1.86. The van der Waals surface area contributed by atoms with Crippen LogP contribution in [0.4, 0.5) is 5.00 Å². The van der Waals surface area contributed by atoms with Gasteiger partial charge in [-0.1, -0.05) is 6.92 Å². The number of carbonyl (C=O) groups is 1. The molecule has 1 heterocycles. The van der Waals surface area contributed by atoms with Crippen LogP contribution in [0.3, 0.4) is 0 Å². The van der Waals surface area contributed by atoms with Crippen molar-refractivity contribution < 1.29 is 9.53 Å². The fourth-order valence-electron chi connectivity index (χ4n) is 2.71. The van der Waals surface area contributed by atoms with E-state index >= 15 is 0 Å². The topological polar surface area (TPSA) is 50.4 Å². The second-order valence-electron chi connectivity index (χ2n) is 5.92. The van der Waals surface area contributed by atoms with Gasteiger partial charge in [-0.3, -0.25) is 0 Å². The van der Waals surface area contributed by atoms with Crippen LogP contribution in [-0.4, -0.2) is 24.2 Å². The maximum Gasteiger partial charge on any atom is 0.341 e. The molecule has 1 aromatic heterocycles. The van der Waals surface area contributed by atoms with Crippen LogP contribution >= 0.6 is 23.6 Å². The van der Waals surface area contributed by atoms with Crippen LogP contribution in [0.1, 0.15) is 47.0 Å². The second kappa shape index (κ2) is 5.93. The SMILES string of the molecule is COC(=O)c1c(NC(=S)NC2CC2)sc2c1CC[C@@H](C)C2. The molecule has 0 aliphatic heterocycles. The summed E-state index contributed by atoms with van der Waals surface area (Å²) in [6, 6.07) is 0.501. The number of hydrogen-bond donors (Lipinski definition) is 2. The maximum atomic E-state index is 12.1. The average Bonchev–Trinajstić information content (AvgIpc) is 3.17. The van der Waals surface area contributed by atoms with Gasteiger partial charge in [-0.15, -0.1) is 11.3 Å². The molecule has 1 fully saturated rings. The van der Waals surface area contributed by atoms with Crippen LogP contribution in [-0.2, 0) is 17.6 Å². The summed E-state index contributed by atoms with van der Waals surface area (Å²) in [4.78, 5) is 13.4. The van der Waals surface area contributed by atoms with Crippen molar-refractivity contribution in [1.82, 2.24) is 5.32 Å². The predicted octanol–water partition coefficient (Wildman–Crippen LogP) is 3.11. The molecule has 0 aromatic carbocycles. The number of anilines is 1.